The summed E-state index contributed by atoms with van der Waals surface area (Å²) in [4.78, 5) is 29.6. The number of benzene rings is 2. The van der Waals surface area contributed by atoms with Crippen molar-refractivity contribution >= 4 is 40.1 Å². The minimum absolute atomic E-state index is 0.103. The molecule has 140 valence electrons. The Bertz CT molecular complexity index is 867. The van der Waals surface area contributed by atoms with Crippen molar-refractivity contribution in [3.8, 4) is 5.75 Å². The number of nitrogens with zero attached hydrogens (tertiary/aromatic N) is 2. The van der Waals surface area contributed by atoms with E-state index in [4.69, 9.17) is 9.47 Å². The predicted molar refractivity (Wildman–Crippen MR) is 109 cm³/mol. The number of fused-ring (bicyclic) bond motifs is 1. The summed E-state index contributed by atoms with van der Waals surface area (Å²) in [6.45, 7) is 2.34. The lowest BCUT2D eigenvalue weighted by molar-refractivity contribution is -0.142. The predicted octanol–water partition coefficient (Wildman–Crippen LogP) is 2.56. The maximum Gasteiger partial charge on any atom is 0.265 e. The van der Waals surface area contributed by atoms with E-state index in [0.717, 1.165) is 3.57 Å². The minimum atomic E-state index is -0.719. The number of para-hydroxylation sites is 2. The van der Waals surface area contributed by atoms with Crippen LogP contribution in [0.4, 0.5) is 5.69 Å². The Labute approximate surface area is 171 Å². The summed E-state index contributed by atoms with van der Waals surface area (Å²) < 4.78 is 12.2. The first-order chi connectivity index (χ1) is 13.1. The Morgan fingerprint density at radius 3 is 2.48 bits per heavy atom. The van der Waals surface area contributed by atoms with Gasteiger partial charge in [-0.2, -0.15) is 0 Å². The second-order valence-electron chi connectivity index (χ2n) is 6.41. The molecule has 2 amide bonds. The van der Waals surface area contributed by atoms with Gasteiger partial charge in [0.05, 0.1) is 31.0 Å². The summed E-state index contributed by atoms with van der Waals surface area (Å²) >= 11 is 2.16. The Kier molecular flexibility index (Phi) is 5.31. The van der Waals surface area contributed by atoms with Crippen LogP contribution in [-0.2, 0) is 9.53 Å². The molecule has 2 aliphatic heterocycles. The number of morpholine rings is 1. The Balaban J connectivity index is 1.65. The number of carbonyl (C=O) groups excluding carboxylic acids is 2. The molecule has 2 heterocycles. The normalized spacial score (nSPS) is 19.2. The van der Waals surface area contributed by atoms with Crippen LogP contribution in [0.5, 0.6) is 5.75 Å². The van der Waals surface area contributed by atoms with Gasteiger partial charge in [-0.3, -0.25) is 9.59 Å². The highest BCUT2D eigenvalue weighted by Gasteiger charge is 2.37. The molecule has 0 N–H and O–H groups in total. The number of anilines is 1. The fourth-order valence-corrected chi connectivity index (χ4v) is 3.94. The molecule has 6 nitrogen and oxygen atoms in total. The second kappa shape index (κ2) is 7.85. The van der Waals surface area contributed by atoms with Gasteiger partial charge in [0.1, 0.15) is 5.75 Å². The highest BCUT2D eigenvalue weighted by atomic mass is 127. The molecule has 0 aliphatic carbocycles. The van der Waals surface area contributed by atoms with Crippen molar-refractivity contribution in [2.24, 2.45) is 0 Å². The van der Waals surface area contributed by atoms with Crippen molar-refractivity contribution in [1.82, 2.24) is 4.90 Å². The standard InChI is InChI=1S/C20H19IN2O4/c21-15-6-2-1-5-14(15)19(24)23-13-18(20(25)22-9-11-26-12-10-22)27-17-8-4-3-7-16(17)23/h1-8,18H,9-13H2/t18-/m0/s1. The first-order valence-electron chi connectivity index (χ1n) is 8.84. The zero-order valence-corrected chi connectivity index (χ0v) is 16.8. The quantitative estimate of drug-likeness (QED) is 0.623. The molecule has 1 saturated heterocycles. The van der Waals surface area contributed by atoms with Gasteiger partial charge in [0.25, 0.3) is 11.8 Å². The average molecular weight is 478 g/mol. The van der Waals surface area contributed by atoms with Crippen LogP contribution in [0, 0.1) is 3.57 Å². The molecule has 2 aromatic carbocycles. The first-order valence-corrected chi connectivity index (χ1v) is 9.91. The monoisotopic (exact) mass is 478 g/mol. The van der Waals surface area contributed by atoms with E-state index in [0.29, 0.717) is 43.3 Å². The third-order valence-electron chi connectivity index (χ3n) is 4.72. The molecule has 4 rings (SSSR count). The summed E-state index contributed by atoms with van der Waals surface area (Å²) in [5.41, 5.74) is 1.31. The van der Waals surface area contributed by atoms with Crippen LogP contribution in [0.25, 0.3) is 0 Å². The third-order valence-corrected chi connectivity index (χ3v) is 5.66. The first kappa shape index (κ1) is 18.2. The lowest BCUT2D eigenvalue weighted by Crippen LogP contribution is -2.54. The SMILES string of the molecule is O=C([C@@H]1CN(C(=O)c2ccccc2I)c2ccccc2O1)N1CCOCC1. The summed E-state index contributed by atoms with van der Waals surface area (Å²) in [5.74, 6) is 0.318. The van der Waals surface area contributed by atoms with Gasteiger partial charge in [0.15, 0.2) is 6.10 Å². The lowest BCUT2D eigenvalue weighted by atomic mass is 10.1. The Morgan fingerprint density at radius 1 is 1.00 bits per heavy atom. The Hall–Kier alpha value is -2.13. The summed E-state index contributed by atoms with van der Waals surface area (Å²) in [7, 11) is 0. The van der Waals surface area contributed by atoms with Gasteiger partial charge in [-0.1, -0.05) is 24.3 Å². The van der Waals surface area contributed by atoms with Crippen molar-refractivity contribution in [1.29, 1.82) is 0 Å². The fraction of sp³-hybridized carbons (Fsp3) is 0.300. The number of ether oxygens (including phenoxy) is 2. The molecule has 0 aromatic heterocycles. The van der Waals surface area contributed by atoms with Gasteiger partial charge in [0.2, 0.25) is 0 Å². The molecule has 0 saturated carbocycles. The van der Waals surface area contributed by atoms with Crippen LogP contribution < -0.4 is 9.64 Å². The van der Waals surface area contributed by atoms with Crippen molar-refractivity contribution in [2.75, 3.05) is 37.7 Å². The van der Waals surface area contributed by atoms with Crippen LogP contribution in [0.2, 0.25) is 0 Å². The molecule has 2 aromatic rings. The summed E-state index contributed by atoms with van der Waals surface area (Å²) in [5, 5.41) is 0. The maximum atomic E-state index is 13.2. The molecule has 1 fully saturated rings. The molecule has 1 atom stereocenters. The number of halogens is 1. The van der Waals surface area contributed by atoms with Gasteiger partial charge in [-0.15, -0.1) is 0 Å². The van der Waals surface area contributed by atoms with E-state index in [-0.39, 0.29) is 18.4 Å². The number of amides is 2. The topological polar surface area (TPSA) is 59.1 Å². The number of hydrogen-bond acceptors (Lipinski definition) is 4. The zero-order valence-electron chi connectivity index (χ0n) is 14.6. The minimum Gasteiger partial charge on any atom is -0.476 e. The van der Waals surface area contributed by atoms with Gasteiger partial charge in [-0.05, 0) is 46.9 Å². The van der Waals surface area contributed by atoms with Crippen LogP contribution in [0.1, 0.15) is 10.4 Å². The van der Waals surface area contributed by atoms with E-state index in [9.17, 15) is 9.59 Å². The second-order valence-corrected chi connectivity index (χ2v) is 7.57. The van der Waals surface area contributed by atoms with E-state index >= 15 is 0 Å². The molecular weight excluding hydrogens is 459 g/mol. The smallest absolute Gasteiger partial charge is 0.265 e. The lowest BCUT2D eigenvalue weighted by Gasteiger charge is -2.37. The van der Waals surface area contributed by atoms with Gasteiger partial charge >= 0.3 is 0 Å². The molecule has 0 unspecified atom stereocenters. The van der Waals surface area contributed by atoms with Crippen molar-refractivity contribution in [2.45, 2.75) is 6.10 Å². The van der Waals surface area contributed by atoms with Crippen molar-refractivity contribution < 1.29 is 19.1 Å². The maximum absolute atomic E-state index is 13.2. The van der Waals surface area contributed by atoms with Crippen LogP contribution in [0.3, 0.4) is 0 Å². The van der Waals surface area contributed by atoms with Gasteiger partial charge < -0.3 is 19.3 Å². The summed E-state index contributed by atoms with van der Waals surface area (Å²) in [6.07, 6.45) is -0.719. The van der Waals surface area contributed by atoms with E-state index < -0.39 is 6.10 Å². The number of rotatable bonds is 2. The molecule has 7 heteroatoms. The molecule has 0 spiro atoms. The number of hydrogen-bond donors (Lipinski definition) is 0. The molecule has 27 heavy (non-hydrogen) atoms. The zero-order chi connectivity index (χ0) is 18.8. The van der Waals surface area contributed by atoms with Crippen molar-refractivity contribution in [3.63, 3.8) is 0 Å². The van der Waals surface area contributed by atoms with E-state index in [1.165, 1.54) is 0 Å². The van der Waals surface area contributed by atoms with Gasteiger partial charge in [-0.25, -0.2) is 0 Å². The van der Waals surface area contributed by atoms with Crippen LogP contribution >= 0.6 is 22.6 Å². The summed E-state index contributed by atoms with van der Waals surface area (Å²) in [6, 6.07) is 14.8. The highest BCUT2D eigenvalue weighted by molar-refractivity contribution is 14.1. The van der Waals surface area contributed by atoms with Crippen LogP contribution in [-0.4, -0.2) is 55.7 Å². The van der Waals surface area contributed by atoms with E-state index in [1.54, 1.807) is 21.9 Å². The third kappa shape index (κ3) is 3.66. The Morgan fingerprint density at radius 2 is 1.70 bits per heavy atom. The van der Waals surface area contributed by atoms with Crippen LogP contribution in [0.15, 0.2) is 48.5 Å². The fourth-order valence-electron chi connectivity index (χ4n) is 3.32. The largest absolute Gasteiger partial charge is 0.476 e. The number of carbonyl (C=O) groups is 2. The van der Waals surface area contributed by atoms with Crippen molar-refractivity contribution in [3.05, 3.63) is 57.7 Å². The average Bonchev–Trinajstić information content (AvgIpc) is 2.73. The highest BCUT2D eigenvalue weighted by Crippen LogP contribution is 2.35. The van der Waals surface area contributed by atoms with Gasteiger partial charge in [0, 0.05) is 16.7 Å². The van der Waals surface area contributed by atoms with E-state index in [1.807, 2.05) is 36.4 Å². The molecular formula is C20H19IN2O4. The van der Waals surface area contributed by atoms with E-state index in [2.05, 4.69) is 22.6 Å². The molecule has 0 bridgehead atoms. The molecule has 0 radical (unpaired) electrons. The molecule has 2 aliphatic rings.